The molecule has 2 fully saturated rings. The van der Waals surface area contributed by atoms with Crippen LogP contribution < -0.4 is 0 Å². The predicted molar refractivity (Wildman–Crippen MR) is 77.2 cm³/mol. The van der Waals surface area contributed by atoms with Crippen LogP contribution in [0.4, 0.5) is 0 Å². The summed E-state index contributed by atoms with van der Waals surface area (Å²) in [4.78, 5) is 25.8. The van der Waals surface area contributed by atoms with Crippen LogP contribution in [0.1, 0.15) is 64.7 Å². The highest BCUT2D eigenvalue weighted by molar-refractivity contribution is 5.77. The van der Waals surface area contributed by atoms with E-state index in [0.29, 0.717) is 31.9 Å². The maximum atomic E-state index is 12.4. The van der Waals surface area contributed by atoms with Gasteiger partial charge in [-0.2, -0.15) is 0 Å². The summed E-state index contributed by atoms with van der Waals surface area (Å²) >= 11 is 0. The van der Waals surface area contributed by atoms with E-state index in [1.807, 2.05) is 0 Å². The van der Waals surface area contributed by atoms with Crippen LogP contribution >= 0.6 is 0 Å². The number of hydrogen-bond donors (Lipinski definition) is 0. The van der Waals surface area contributed by atoms with Crippen molar-refractivity contribution in [3.63, 3.8) is 0 Å². The topological polar surface area (TPSA) is 46.6 Å². The Morgan fingerprint density at radius 3 is 2.65 bits per heavy atom. The second-order valence-corrected chi connectivity index (χ2v) is 6.00. The number of nitrogens with zero attached hydrogens (tertiary/aromatic N) is 1. The summed E-state index contributed by atoms with van der Waals surface area (Å²) in [6.45, 7) is 3.14. The molecule has 0 bridgehead atoms. The third kappa shape index (κ3) is 3.97. The first-order valence-electron chi connectivity index (χ1n) is 8.17. The van der Waals surface area contributed by atoms with Gasteiger partial charge >= 0.3 is 5.97 Å². The van der Waals surface area contributed by atoms with Crippen molar-refractivity contribution in [2.24, 2.45) is 5.92 Å². The molecular weight excluding hydrogens is 254 g/mol. The zero-order valence-corrected chi connectivity index (χ0v) is 12.6. The fraction of sp³-hybridized carbons (Fsp3) is 0.875. The third-order valence-corrected chi connectivity index (χ3v) is 4.64. The molecule has 1 aliphatic carbocycles. The van der Waals surface area contributed by atoms with Crippen molar-refractivity contribution in [3.8, 4) is 0 Å². The third-order valence-electron chi connectivity index (χ3n) is 4.64. The van der Waals surface area contributed by atoms with Crippen LogP contribution in [-0.2, 0) is 14.3 Å². The number of fused-ring (bicyclic) bond motifs is 1. The zero-order valence-electron chi connectivity index (χ0n) is 12.6. The van der Waals surface area contributed by atoms with E-state index in [2.05, 4.69) is 4.90 Å². The highest BCUT2D eigenvalue weighted by Gasteiger charge is 2.35. The number of rotatable bonds is 5. The molecular formula is C16H27NO3. The van der Waals surface area contributed by atoms with Crippen LogP contribution in [0.5, 0.6) is 0 Å². The first-order valence-corrected chi connectivity index (χ1v) is 8.17. The van der Waals surface area contributed by atoms with Gasteiger partial charge < -0.3 is 9.64 Å². The molecule has 0 N–H and O–H groups in total. The second kappa shape index (κ2) is 7.65. The molecule has 0 aromatic rings. The molecule has 2 unspecified atom stereocenters. The lowest BCUT2D eigenvalue weighted by molar-refractivity contribution is -0.143. The van der Waals surface area contributed by atoms with Crippen molar-refractivity contribution in [1.29, 1.82) is 0 Å². The summed E-state index contributed by atoms with van der Waals surface area (Å²) in [6, 6.07) is 0.479. The van der Waals surface area contributed by atoms with Gasteiger partial charge in [0, 0.05) is 25.4 Å². The van der Waals surface area contributed by atoms with Gasteiger partial charge in [0.1, 0.15) is 0 Å². The molecule has 2 atom stereocenters. The lowest BCUT2D eigenvalue weighted by Gasteiger charge is -2.44. The molecule has 1 aliphatic heterocycles. The lowest BCUT2D eigenvalue weighted by Crippen LogP contribution is -2.49. The van der Waals surface area contributed by atoms with Gasteiger partial charge in [0.15, 0.2) is 0 Å². The average molecular weight is 281 g/mol. The minimum Gasteiger partial charge on any atom is -0.466 e. The zero-order chi connectivity index (χ0) is 14.4. The van der Waals surface area contributed by atoms with Crippen molar-refractivity contribution in [1.82, 2.24) is 4.90 Å². The van der Waals surface area contributed by atoms with Crippen molar-refractivity contribution in [2.75, 3.05) is 13.2 Å². The number of carbonyl (C=O) groups is 2. The summed E-state index contributed by atoms with van der Waals surface area (Å²) in [5.74, 6) is 0.784. The number of hydrogen-bond acceptors (Lipinski definition) is 3. The van der Waals surface area contributed by atoms with E-state index in [1.54, 1.807) is 6.92 Å². The van der Waals surface area contributed by atoms with E-state index in [9.17, 15) is 9.59 Å². The SMILES string of the molecule is CCOC(=O)CCCC(=O)N1CCCC2CCCCC21. The van der Waals surface area contributed by atoms with Gasteiger partial charge in [-0.3, -0.25) is 9.59 Å². The van der Waals surface area contributed by atoms with E-state index in [4.69, 9.17) is 4.74 Å². The molecule has 2 rings (SSSR count). The van der Waals surface area contributed by atoms with Crippen LogP contribution in [0.3, 0.4) is 0 Å². The predicted octanol–water partition coefficient (Wildman–Crippen LogP) is 2.90. The maximum Gasteiger partial charge on any atom is 0.305 e. The van der Waals surface area contributed by atoms with E-state index in [1.165, 1.54) is 32.1 Å². The van der Waals surface area contributed by atoms with Gasteiger partial charge in [-0.05, 0) is 44.9 Å². The summed E-state index contributed by atoms with van der Waals surface area (Å²) in [7, 11) is 0. The fourth-order valence-corrected chi connectivity index (χ4v) is 3.70. The van der Waals surface area contributed by atoms with Crippen molar-refractivity contribution in [2.45, 2.75) is 70.8 Å². The van der Waals surface area contributed by atoms with Gasteiger partial charge in [0.25, 0.3) is 0 Å². The molecule has 1 heterocycles. The molecule has 114 valence electrons. The summed E-state index contributed by atoms with van der Waals surface area (Å²) < 4.78 is 4.89. The lowest BCUT2D eigenvalue weighted by atomic mass is 9.78. The van der Waals surface area contributed by atoms with E-state index >= 15 is 0 Å². The molecule has 4 heteroatoms. The van der Waals surface area contributed by atoms with Crippen LogP contribution in [-0.4, -0.2) is 36.0 Å². The van der Waals surface area contributed by atoms with Crippen molar-refractivity contribution < 1.29 is 14.3 Å². The van der Waals surface area contributed by atoms with Crippen LogP contribution in [0.2, 0.25) is 0 Å². The van der Waals surface area contributed by atoms with Crippen LogP contribution in [0, 0.1) is 5.92 Å². The Morgan fingerprint density at radius 2 is 1.85 bits per heavy atom. The largest absolute Gasteiger partial charge is 0.466 e. The Morgan fingerprint density at radius 1 is 1.10 bits per heavy atom. The van der Waals surface area contributed by atoms with Crippen molar-refractivity contribution >= 4 is 11.9 Å². The van der Waals surface area contributed by atoms with Gasteiger partial charge in [-0.1, -0.05) is 12.8 Å². The monoisotopic (exact) mass is 281 g/mol. The number of piperidine rings is 1. The normalized spacial score (nSPS) is 25.9. The van der Waals surface area contributed by atoms with Crippen LogP contribution in [0.15, 0.2) is 0 Å². The number of carbonyl (C=O) groups excluding carboxylic acids is 2. The molecule has 20 heavy (non-hydrogen) atoms. The molecule has 2 aliphatic rings. The van der Waals surface area contributed by atoms with E-state index < -0.39 is 0 Å². The number of amides is 1. The van der Waals surface area contributed by atoms with Gasteiger partial charge in [-0.25, -0.2) is 0 Å². The minimum atomic E-state index is -0.186. The Balaban J connectivity index is 1.77. The Labute approximate surface area is 121 Å². The quantitative estimate of drug-likeness (QED) is 0.728. The van der Waals surface area contributed by atoms with Crippen LogP contribution in [0.25, 0.3) is 0 Å². The van der Waals surface area contributed by atoms with Crippen molar-refractivity contribution in [3.05, 3.63) is 0 Å². The molecule has 0 radical (unpaired) electrons. The summed E-state index contributed by atoms with van der Waals surface area (Å²) in [5.41, 5.74) is 0. The first-order chi connectivity index (χ1) is 9.72. The molecule has 0 aromatic heterocycles. The molecule has 1 saturated heterocycles. The number of ether oxygens (including phenoxy) is 1. The maximum absolute atomic E-state index is 12.4. The molecule has 1 amide bonds. The van der Waals surface area contributed by atoms with Gasteiger partial charge in [0.2, 0.25) is 5.91 Å². The van der Waals surface area contributed by atoms with E-state index in [-0.39, 0.29) is 11.9 Å². The van der Waals surface area contributed by atoms with E-state index in [0.717, 1.165) is 18.9 Å². The Bertz CT molecular complexity index is 341. The molecule has 0 spiro atoms. The number of esters is 1. The van der Waals surface area contributed by atoms with Gasteiger partial charge in [-0.15, -0.1) is 0 Å². The number of likely N-dealkylation sites (tertiary alicyclic amines) is 1. The van der Waals surface area contributed by atoms with Gasteiger partial charge in [0.05, 0.1) is 6.61 Å². The molecule has 1 saturated carbocycles. The smallest absolute Gasteiger partial charge is 0.305 e. The summed E-state index contributed by atoms with van der Waals surface area (Å²) in [5, 5.41) is 0. The fourth-order valence-electron chi connectivity index (χ4n) is 3.70. The standard InChI is InChI=1S/C16H27NO3/c1-2-20-16(19)11-5-10-15(18)17-12-6-8-13-7-3-4-9-14(13)17/h13-14H,2-12H2,1H3. The highest BCUT2D eigenvalue weighted by Crippen LogP contribution is 2.35. The second-order valence-electron chi connectivity index (χ2n) is 6.00. The Kier molecular flexibility index (Phi) is 5.86. The Hall–Kier alpha value is -1.06. The first kappa shape index (κ1) is 15.3. The summed E-state index contributed by atoms with van der Waals surface area (Å²) in [6.07, 6.45) is 8.95. The average Bonchev–Trinajstić information content (AvgIpc) is 2.47. The highest BCUT2D eigenvalue weighted by atomic mass is 16.5. The molecule has 0 aromatic carbocycles. The molecule has 4 nitrogen and oxygen atoms in total. The minimum absolute atomic E-state index is 0.186.